The van der Waals surface area contributed by atoms with E-state index in [1.54, 1.807) is 61.7 Å². The molecule has 3 aromatic rings. The minimum absolute atomic E-state index is 0.0362. The van der Waals surface area contributed by atoms with Crippen LogP contribution in [0.4, 0.5) is 5.69 Å². The minimum atomic E-state index is -4.18. The molecule has 9 nitrogen and oxygen atoms in total. The van der Waals surface area contributed by atoms with Crippen LogP contribution >= 0.6 is 0 Å². The van der Waals surface area contributed by atoms with E-state index in [2.05, 4.69) is 5.32 Å². The van der Waals surface area contributed by atoms with E-state index in [9.17, 15) is 18.0 Å². The lowest BCUT2D eigenvalue weighted by Gasteiger charge is -2.34. The predicted octanol–water partition coefficient (Wildman–Crippen LogP) is 4.77. The van der Waals surface area contributed by atoms with E-state index in [4.69, 9.17) is 9.47 Å². The Morgan fingerprint density at radius 1 is 0.929 bits per heavy atom. The Hall–Kier alpha value is -4.05. The lowest BCUT2D eigenvalue weighted by molar-refractivity contribution is -0.140. The summed E-state index contributed by atoms with van der Waals surface area (Å²) in [6.07, 6.45) is 4.28. The van der Waals surface area contributed by atoms with Gasteiger partial charge in [0.15, 0.2) is 0 Å². The van der Waals surface area contributed by atoms with Gasteiger partial charge in [0, 0.05) is 12.6 Å². The van der Waals surface area contributed by atoms with Crippen molar-refractivity contribution < 1.29 is 27.5 Å². The van der Waals surface area contributed by atoms with E-state index in [1.165, 1.54) is 24.1 Å². The smallest absolute Gasteiger partial charge is 0.264 e. The number of anilines is 1. The van der Waals surface area contributed by atoms with Crippen LogP contribution in [0.15, 0.2) is 83.8 Å². The zero-order chi connectivity index (χ0) is 30.1. The fourth-order valence-corrected chi connectivity index (χ4v) is 6.77. The SMILES string of the molecule is CCC(C(=O)NC1CCCC1)N(Cc1cccc(OC)c1)C(=O)CN(c1ccccc1OC)S(=O)(=O)c1ccccc1. The summed E-state index contributed by atoms with van der Waals surface area (Å²) in [4.78, 5) is 29.4. The van der Waals surface area contributed by atoms with Crippen LogP contribution < -0.4 is 19.1 Å². The van der Waals surface area contributed by atoms with Gasteiger partial charge in [0.1, 0.15) is 24.1 Å². The molecular formula is C32H39N3O6S. The molecule has 0 spiro atoms. The van der Waals surface area contributed by atoms with Gasteiger partial charge in [-0.05, 0) is 61.2 Å². The van der Waals surface area contributed by atoms with E-state index >= 15 is 0 Å². The number of sulfonamides is 1. The van der Waals surface area contributed by atoms with Crippen molar-refractivity contribution in [3.8, 4) is 11.5 Å². The Morgan fingerprint density at radius 3 is 2.29 bits per heavy atom. The molecule has 2 amide bonds. The number of hydrogen-bond acceptors (Lipinski definition) is 6. The van der Waals surface area contributed by atoms with Crippen LogP contribution in [0.1, 0.15) is 44.6 Å². The Balaban J connectivity index is 1.74. The summed E-state index contributed by atoms with van der Waals surface area (Å²) in [6.45, 7) is 1.41. The van der Waals surface area contributed by atoms with Gasteiger partial charge in [-0.25, -0.2) is 8.42 Å². The maximum atomic E-state index is 14.3. The fourth-order valence-electron chi connectivity index (χ4n) is 5.32. The van der Waals surface area contributed by atoms with Gasteiger partial charge in [-0.1, -0.05) is 62.2 Å². The number of nitrogens with one attached hydrogen (secondary N) is 1. The monoisotopic (exact) mass is 593 g/mol. The van der Waals surface area contributed by atoms with Gasteiger partial charge in [-0.15, -0.1) is 0 Å². The Morgan fingerprint density at radius 2 is 1.62 bits per heavy atom. The summed E-state index contributed by atoms with van der Waals surface area (Å²) in [5, 5.41) is 3.12. The Kier molecular flexibility index (Phi) is 10.5. The lowest BCUT2D eigenvalue weighted by atomic mass is 10.1. The summed E-state index contributed by atoms with van der Waals surface area (Å²) in [7, 11) is -1.18. The van der Waals surface area contributed by atoms with Crippen molar-refractivity contribution in [2.24, 2.45) is 0 Å². The Bertz CT molecular complexity index is 1460. The summed E-state index contributed by atoms with van der Waals surface area (Å²) < 4.78 is 39.9. The molecular weight excluding hydrogens is 554 g/mol. The summed E-state index contributed by atoms with van der Waals surface area (Å²) in [6, 6.07) is 21.2. The largest absolute Gasteiger partial charge is 0.497 e. The van der Waals surface area contributed by atoms with Gasteiger partial charge < -0.3 is 19.7 Å². The molecule has 4 rings (SSSR count). The Labute approximate surface area is 248 Å². The first-order valence-electron chi connectivity index (χ1n) is 14.2. The number of benzene rings is 3. The predicted molar refractivity (Wildman–Crippen MR) is 162 cm³/mol. The van der Waals surface area contributed by atoms with Crippen molar-refractivity contribution >= 4 is 27.5 Å². The standard InChI is InChI=1S/C32H39N3O6S/c1-4-28(32(37)33-25-14-8-9-15-25)34(22-24-13-12-16-26(21-24)40-2)31(36)23-35(29-19-10-11-20-30(29)41-3)42(38,39)27-17-6-5-7-18-27/h5-7,10-13,16-21,25,28H,4,8-9,14-15,22-23H2,1-3H3,(H,33,37). The van der Waals surface area contributed by atoms with Crippen molar-refractivity contribution in [2.45, 2.75) is 62.6 Å². The topological polar surface area (TPSA) is 105 Å². The average molecular weight is 594 g/mol. The van der Waals surface area contributed by atoms with Crippen LogP contribution in [0.2, 0.25) is 0 Å². The third-order valence-corrected chi connectivity index (χ3v) is 9.31. The third-order valence-electron chi connectivity index (χ3n) is 7.54. The first-order chi connectivity index (χ1) is 20.3. The summed E-state index contributed by atoms with van der Waals surface area (Å²) in [5.74, 6) is 0.160. The molecule has 1 aliphatic carbocycles. The first-order valence-corrected chi connectivity index (χ1v) is 15.7. The van der Waals surface area contributed by atoms with Crippen molar-refractivity contribution in [1.82, 2.24) is 10.2 Å². The van der Waals surface area contributed by atoms with Gasteiger partial charge in [-0.2, -0.15) is 0 Å². The number of methoxy groups -OCH3 is 2. The number of para-hydroxylation sites is 2. The van der Waals surface area contributed by atoms with E-state index < -0.39 is 28.5 Å². The highest BCUT2D eigenvalue weighted by atomic mass is 32.2. The van der Waals surface area contributed by atoms with Gasteiger partial charge in [0.25, 0.3) is 10.0 Å². The molecule has 0 aliphatic heterocycles. The van der Waals surface area contributed by atoms with Crippen molar-refractivity contribution in [2.75, 3.05) is 25.1 Å². The van der Waals surface area contributed by atoms with Crippen molar-refractivity contribution in [3.05, 3.63) is 84.4 Å². The normalized spacial score (nSPS) is 14.2. The van der Waals surface area contributed by atoms with Gasteiger partial charge in [0.05, 0.1) is 24.8 Å². The maximum absolute atomic E-state index is 14.3. The molecule has 10 heteroatoms. The zero-order valence-corrected chi connectivity index (χ0v) is 25.2. The molecule has 0 saturated heterocycles. The second-order valence-electron chi connectivity index (χ2n) is 10.3. The van der Waals surface area contributed by atoms with Gasteiger partial charge in [-0.3, -0.25) is 13.9 Å². The van der Waals surface area contributed by atoms with Crippen molar-refractivity contribution in [3.63, 3.8) is 0 Å². The number of carbonyl (C=O) groups is 2. The maximum Gasteiger partial charge on any atom is 0.264 e. The molecule has 0 radical (unpaired) electrons. The molecule has 1 fully saturated rings. The number of hydrogen-bond donors (Lipinski definition) is 1. The molecule has 1 N–H and O–H groups in total. The van der Waals surface area contributed by atoms with E-state index in [-0.39, 0.29) is 29.1 Å². The molecule has 1 aliphatic rings. The van der Waals surface area contributed by atoms with Crippen LogP contribution in [0.25, 0.3) is 0 Å². The highest BCUT2D eigenvalue weighted by Crippen LogP contribution is 2.32. The fraction of sp³-hybridized carbons (Fsp3) is 0.375. The minimum Gasteiger partial charge on any atom is -0.497 e. The third kappa shape index (κ3) is 7.23. The summed E-state index contributed by atoms with van der Waals surface area (Å²) in [5.41, 5.74) is 0.978. The number of rotatable bonds is 13. The molecule has 0 aromatic heterocycles. The van der Waals surface area contributed by atoms with E-state index in [0.29, 0.717) is 17.9 Å². The molecule has 224 valence electrons. The molecule has 1 unspecified atom stereocenters. The van der Waals surface area contributed by atoms with Crippen molar-refractivity contribution in [1.29, 1.82) is 0 Å². The number of ether oxygens (including phenoxy) is 2. The quantitative estimate of drug-likeness (QED) is 0.306. The van der Waals surface area contributed by atoms with Crippen LogP contribution in [0.5, 0.6) is 11.5 Å². The van der Waals surface area contributed by atoms with E-state index in [1.807, 2.05) is 19.1 Å². The van der Waals surface area contributed by atoms with Crippen LogP contribution in [-0.2, 0) is 26.2 Å². The molecule has 0 bridgehead atoms. The highest BCUT2D eigenvalue weighted by molar-refractivity contribution is 7.92. The summed E-state index contributed by atoms with van der Waals surface area (Å²) >= 11 is 0. The molecule has 1 atom stereocenters. The second kappa shape index (κ2) is 14.2. The van der Waals surface area contributed by atoms with Gasteiger partial charge in [0.2, 0.25) is 11.8 Å². The second-order valence-corrected chi connectivity index (χ2v) is 12.1. The van der Waals surface area contributed by atoms with Crippen LogP contribution in [-0.4, -0.2) is 58.0 Å². The zero-order valence-electron chi connectivity index (χ0n) is 24.4. The molecule has 3 aromatic carbocycles. The van der Waals surface area contributed by atoms with Crippen LogP contribution in [0, 0.1) is 0 Å². The number of amides is 2. The molecule has 42 heavy (non-hydrogen) atoms. The molecule has 0 heterocycles. The average Bonchev–Trinajstić information content (AvgIpc) is 3.53. The lowest BCUT2D eigenvalue weighted by Crippen LogP contribution is -2.53. The first kappa shape index (κ1) is 30.9. The highest BCUT2D eigenvalue weighted by Gasteiger charge is 2.35. The number of nitrogens with zero attached hydrogens (tertiary/aromatic N) is 2. The van der Waals surface area contributed by atoms with Gasteiger partial charge >= 0.3 is 0 Å². The van der Waals surface area contributed by atoms with Crippen LogP contribution in [0.3, 0.4) is 0 Å². The number of carbonyl (C=O) groups excluding carboxylic acids is 2. The van der Waals surface area contributed by atoms with E-state index in [0.717, 1.165) is 35.6 Å². The molecule has 1 saturated carbocycles.